The minimum absolute atomic E-state index is 0.248. The first-order chi connectivity index (χ1) is 13.7. The molecular weight excluding hydrogens is 392 g/mol. The highest BCUT2D eigenvalue weighted by atomic mass is 35.5. The average molecular weight is 417 g/mol. The summed E-state index contributed by atoms with van der Waals surface area (Å²) in [6.07, 6.45) is 4.99. The number of benzene rings is 1. The minimum Gasteiger partial charge on any atom is -0.453 e. The van der Waals surface area contributed by atoms with Crippen molar-refractivity contribution in [2.24, 2.45) is 5.92 Å². The normalized spacial score (nSPS) is 15.1. The molecule has 0 aliphatic carbocycles. The van der Waals surface area contributed by atoms with Crippen molar-refractivity contribution in [1.82, 2.24) is 14.7 Å². The number of carbonyl (C=O) groups excluding carboxylic acids is 1. The fourth-order valence-corrected chi connectivity index (χ4v) is 3.36. The number of rotatable bonds is 4. The third-order valence-corrected chi connectivity index (χ3v) is 4.85. The van der Waals surface area contributed by atoms with E-state index in [1.807, 2.05) is 31.6 Å². The number of halogens is 1. The van der Waals surface area contributed by atoms with Gasteiger partial charge >= 0.3 is 6.09 Å². The van der Waals surface area contributed by atoms with Gasteiger partial charge in [0.15, 0.2) is 5.75 Å². The van der Waals surface area contributed by atoms with E-state index in [1.165, 1.54) is 0 Å². The molecule has 1 saturated heterocycles. The van der Waals surface area contributed by atoms with Gasteiger partial charge in [0.2, 0.25) is 0 Å². The molecular formula is C21H25ClN4O3. The molecule has 8 heteroatoms. The second kappa shape index (κ2) is 8.75. The number of carbonyl (C=O) groups is 1. The second-order valence-electron chi connectivity index (χ2n) is 8.16. The van der Waals surface area contributed by atoms with Crippen LogP contribution in [0.5, 0.6) is 11.5 Å². The standard InChI is InChI=1S/C21H25ClN4O3/c1-21(2,3)29-20(27)25-8-6-15(7-9-25)13-26-14-18(12-24-26)28-19-5-4-17(22)10-16(19)11-23/h4-5,10,12,14-15H,6-9,13H2,1-3H3. The van der Waals surface area contributed by atoms with Crippen LogP contribution in [0.1, 0.15) is 39.2 Å². The lowest BCUT2D eigenvalue weighted by Gasteiger charge is -2.33. The zero-order chi connectivity index (χ0) is 21.0. The number of piperidine rings is 1. The van der Waals surface area contributed by atoms with Crippen LogP contribution in [-0.2, 0) is 11.3 Å². The number of nitriles is 1. The van der Waals surface area contributed by atoms with Crippen LogP contribution in [0.25, 0.3) is 0 Å². The van der Waals surface area contributed by atoms with E-state index >= 15 is 0 Å². The van der Waals surface area contributed by atoms with Crippen molar-refractivity contribution in [3.05, 3.63) is 41.2 Å². The molecule has 0 bridgehead atoms. The van der Waals surface area contributed by atoms with Crippen molar-refractivity contribution in [2.45, 2.75) is 45.8 Å². The summed E-state index contributed by atoms with van der Waals surface area (Å²) in [5.41, 5.74) is -0.103. The van der Waals surface area contributed by atoms with Gasteiger partial charge in [-0.05, 0) is 57.7 Å². The number of amides is 1. The smallest absolute Gasteiger partial charge is 0.410 e. The van der Waals surface area contributed by atoms with Gasteiger partial charge in [0.05, 0.1) is 18.0 Å². The summed E-state index contributed by atoms with van der Waals surface area (Å²) >= 11 is 5.92. The first-order valence-electron chi connectivity index (χ1n) is 9.61. The van der Waals surface area contributed by atoms with Crippen LogP contribution in [-0.4, -0.2) is 39.5 Å². The molecule has 29 heavy (non-hydrogen) atoms. The molecule has 1 amide bonds. The van der Waals surface area contributed by atoms with Gasteiger partial charge < -0.3 is 14.4 Å². The fraction of sp³-hybridized carbons (Fsp3) is 0.476. The van der Waals surface area contributed by atoms with Crippen LogP contribution < -0.4 is 4.74 Å². The molecule has 0 unspecified atom stereocenters. The number of hydrogen-bond donors (Lipinski definition) is 0. The molecule has 7 nitrogen and oxygen atoms in total. The number of hydrogen-bond acceptors (Lipinski definition) is 5. The monoisotopic (exact) mass is 416 g/mol. The number of nitrogens with zero attached hydrogens (tertiary/aromatic N) is 4. The lowest BCUT2D eigenvalue weighted by atomic mass is 9.97. The highest BCUT2D eigenvalue weighted by Gasteiger charge is 2.27. The molecule has 1 aromatic heterocycles. The summed E-state index contributed by atoms with van der Waals surface area (Å²) in [6, 6.07) is 7.00. The molecule has 2 heterocycles. The van der Waals surface area contributed by atoms with Gasteiger partial charge in [-0.3, -0.25) is 4.68 Å². The topological polar surface area (TPSA) is 80.4 Å². The Bertz CT molecular complexity index is 905. The van der Waals surface area contributed by atoms with Gasteiger partial charge in [-0.2, -0.15) is 10.4 Å². The Morgan fingerprint density at radius 1 is 1.34 bits per heavy atom. The van der Waals surface area contributed by atoms with Crippen molar-refractivity contribution < 1.29 is 14.3 Å². The van der Waals surface area contributed by atoms with Gasteiger partial charge in [0.25, 0.3) is 0 Å². The van der Waals surface area contributed by atoms with Gasteiger partial charge in [-0.25, -0.2) is 4.79 Å². The van der Waals surface area contributed by atoms with Crippen molar-refractivity contribution >= 4 is 17.7 Å². The lowest BCUT2D eigenvalue weighted by Crippen LogP contribution is -2.42. The van der Waals surface area contributed by atoms with Gasteiger partial charge in [0.1, 0.15) is 17.4 Å². The maximum absolute atomic E-state index is 12.2. The second-order valence-corrected chi connectivity index (χ2v) is 8.60. The van der Waals surface area contributed by atoms with E-state index in [1.54, 1.807) is 29.3 Å². The first kappa shape index (κ1) is 21.0. The van der Waals surface area contributed by atoms with Gasteiger partial charge in [-0.15, -0.1) is 0 Å². The lowest BCUT2D eigenvalue weighted by molar-refractivity contribution is 0.0177. The van der Waals surface area contributed by atoms with Crippen LogP contribution >= 0.6 is 11.6 Å². The van der Waals surface area contributed by atoms with E-state index in [0.717, 1.165) is 19.4 Å². The highest BCUT2D eigenvalue weighted by Crippen LogP contribution is 2.28. The maximum Gasteiger partial charge on any atom is 0.410 e. The predicted molar refractivity (Wildman–Crippen MR) is 109 cm³/mol. The summed E-state index contributed by atoms with van der Waals surface area (Å²) in [5.74, 6) is 1.43. The Morgan fingerprint density at radius 3 is 2.72 bits per heavy atom. The Kier molecular flexibility index (Phi) is 6.33. The highest BCUT2D eigenvalue weighted by molar-refractivity contribution is 6.30. The summed E-state index contributed by atoms with van der Waals surface area (Å²) in [5, 5.41) is 14.1. The third kappa shape index (κ3) is 5.88. The van der Waals surface area contributed by atoms with Gasteiger partial charge in [0, 0.05) is 24.7 Å². The minimum atomic E-state index is -0.477. The van der Waals surface area contributed by atoms with Crippen LogP contribution in [0.15, 0.2) is 30.6 Å². The Balaban J connectivity index is 1.53. The Labute approximate surface area is 175 Å². The van der Waals surface area contributed by atoms with Crippen molar-refractivity contribution in [2.75, 3.05) is 13.1 Å². The van der Waals surface area contributed by atoms with E-state index in [0.29, 0.717) is 41.1 Å². The number of ether oxygens (including phenoxy) is 2. The molecule has 154 valence electrons. The summed E-state index contributed by atoms with van der Waals surface area (Å²) in [4.78, 5) is 13.9. The van der Waals surface area contributed by atoms with Gasteiger partial charge in [-0.1, -0.05) is 11.6 Å². The fourth-order valence-electron chi connectivity index (χ4n) is 3.19. The zero-order valence-electron chi connectivity index (χ0n) is 16.9. The quantitative estimate of drug-likeness (QED) is 0.711. The Hall–Kier alpha value is -2.72. The van der Waals surface area contributed by atoms with Crippen molar-refractivity contribution in [3.63, 3.8) is 0 Å². The summed E-state index contributed by atoms with van der Waals surface area (Å²) < 4.78 is 13.1. The summed E-state index contributed by atoms with van der Waals surface area (Å²) in [7, 11) is 0. The molecule has 1 aromatic carbocycles. The van der Waals surface area contributed by atoms with E-state index in [4.69, 9.17) is 21.1 Å². The first-order valence-corrected chi connectivity index (χ1v) is 9.99. The van der Waals surface area contributed by atoms with E-state index in [2.05, 4.69) is 11.2 Å². The molecule has 0 saturated carbocycles. The average Bonchev–Trinajstić information content (AvgIpc) is 3.09. The van der Waals surface area contributed by atoms with E-state index in [-0.39, 0.29) is 6.09 Å². The third-order valence-electron chi connectivity index (χ3n) is 4.61. The van der Waals surface area contributed by atoms with E-state index in [9.17, 15) is 10.1 Å². The molecule has 1 aliphatic rings. The molecule has 1 fully saturated rings. The zero-order valence-corrected chi connectivity index (χ0v) is 17.6. The maximum atomic E-state index is 12.2. The number of aromatic nitrogens is 2. The molecule has 1 aliphatic heterocycles. The van der Waals surface area contributed by atoms with Crippen molar-refractivity contribution in [1.29, 1.82) is 5.26 Å². The summed E-state index contributed by atoms with van der Waals surface area (Å²) in [6.45, 7) is 7.73. The predicted octanol–water partition coefficient (Wildman–Crippen LogP) is 4.85. The molecule has 0 atom stereocenters. The van der Waals surface area contributed by atoms with Crippen LogP contribution in [0.3, 0.4) is 0 Å². The SMILES string of the molecule is CC(C)(C)OC(=O)N1CCC(Cn2cc(Oc3ccc(Cl)cc3C#N)cn2)CC1. The largest absolute Gasteiger partial charge is 0.453 e. The van der Waals surface area contributed by atoms with Crippen LogP contribution in [0.4, 0.5) is 4.79 Å². The molecule has 2 aromatic rings. The van der Waals surface area contributed by atoms with Crippen LogP contribution in [0.2, 0.25) is 5.02 Å². The molecule has 0 N–H and O–H groups in total. The molecule has 0 radical (unpaired) electrons. The number of likely N-dealkylation sites (tertiary alicyclic amines) is 1. The van der Waals surface area contributed by atoms with E-state index < -0.39 is 5.60 Å². The van der Waals surface area contributed by atoms with Crippen LogP contribution in [0, 0.1) is 17.2 Å². The molecule has 0 spiro atoms. The molecule has 3 rings (SSSR count). The Morgan fingerprint density at radius 2 is 2.07 bits per heavy atom. The van der Waals surface area contributed by atoms with Crippen molar-refractivity contribution in [3.8, 4) is 17.6 Å².